The minimum atomic E-state index is 0.558. The zero-order valence-corrected chi connectivity index (χ0v) is 10.6. The number of oxazole rings is 1. The van der Waals surface area contributed by atoms with E-state index in [-0.39, 0.29) is 0 Å². The molecule has 0 fully saturated rings. The van der Waals surface area contributed by atoms with E-state index in [0.717, 1.165) is 29.6 Å². The maximum absolute atomic E-state index is 5.29. The molecule has 0 amide bonds. The minimum absolute atomic E-state index is 0.558. The average Bonchev–Trinajstić information content (AvgIpc) is 2.65. The SMILES string of the molecule is CCCNC(CC)CSc1nc(C)co1. The predicted molar refractivity (Wildman–Crippen MR) is 64.3 cm³/mol. The molecule has 0 bridgehead atoms. The van der Waals surface area contributed by atoms with Crippen molar-refractivity contribution in [1.82, 2.24) is 10.3 Å². The highest BCUT2D eigenvalue weighted by Gasteiger charge is 2.08. The predicted octanol–water partition coefficient (Wildman–Crippen LogP) is 2.85. The summed E-state index contributed by atoms with van der Waals surface area (Å²) in [5.41, 5.74) is 0.951. The van der Waals surface area contributed by atoms with E-state index in [4.69, 9.17) is 4.42 Å². The van der Waals surface area contributed by atoms with Crippen molar-refractivity contribution >= 4 is 11.8 Å². The van der Waals surface area contributed by atoms with Crippen LogP contribution in [0.15, 0.2) is 15.9 Å². The number of nitrogens with zero attached hydrogens (tertiary/aromatic N) is 1. The summed E-state index contributed by atoms with van der Waals surface area (Å²) in [6.45, 7) is 7.42. The Balaban J connectivity index is 2.27. The van der Waals surface area contributed by atoms with Crippen LogP contribution in [-0.2, 0) is 0 Å². The lowest BCUT2D eigenvalue weighted by molar-refractivity contribution is 0.452. The molecule has 15 heavy (non-hydrogen) atoms. The lowest BCUT2D eigenvalue weighted by Gasteiger charge is -2.14. The molecule has 0 aliphatic carbocycles. The van der Waals surface area contributed by atoms with Crippen LogP contribution < -0.4 is 5.32 Å². The van der Waals surface area contributed by atoms with Crippen LogP contribution in [-0.4, -0.2) is 23.3 Å². The van der Waals surface area contributed by atoms with Gasteiger partial charge in [0.1, 0.15) is 6.26 Å². The monoisotopic (exact) mass is 228 g/mol. The Hall–Kier alpha value is -0.480. The number of nitrogens with one attached hydrogen (secondary N) is 1. The van der Waals surface area contributed by atoms with E-state index in [9.17, 15) is 0 Å². The molecule has 1 heterocycles. The highest BCUT2D eigenvalue weighted by atomic mass is 32.2. The van der Waals surface area contributed by atoms with E-state index >= 15 is 0 Å². The third-order valence-electron chi connectivity index (χ3n) is 2.18. The summed E-state index contributed by atoms with van der Waals surface area (Å²) in [7, 11) is 0. The summed E-state index contributed by atoms with van der Waals surface area (Å²) in [5, 5.41) is 4.29. The Kier molecular flexibility index (Phi) is 5.79. The van der Waals surface area contributed by atoms with Gasteiger partial charge >= 0.3 is 0 Å². The number of aromatic nitrogens is 1. The first kappa shape index (κ1) is 12.6. The second kappa shape index (κ2) is 6.90. The summed E-state index contributed by atoms with van der Waals surface area (Å²) in [6.07, 6.45) is 4.02. The van der Waals surface area contributed by atoms with Crippen molar-refractivity contribution in [2.45, 2.75) is 44.9 Å². The van der Waals surface area contributed by atoms with Crippen LogP contribution in [0, 0.1) is 6.92 Å². The quantitative estimate of drug-likeness (QED) is 0.728. The molecule has 0 saturated heterocycles. The largest absolute Gasteiger partial charge is 0.440 e. The van der Waals surface area contributed by atoms with Gasteiger partial charge in [0, 0.05) is 11.8 Å². The van der Waals surface area contributed by atoms with Crippen LogP contribution in [0.2, 0.25) is 0 Å². The molecule has 0 radical (unpaired) electrons. The maximum atomic E-state index is 5.29. The third kappa shape index (κ3) is 4.71. The van der Waals surface area contributed by atoms with E-state index in [1.54, 1.807) is 18.0 Å². The minimum Gasteiger partial charge on any atom is -0.440 e. The van der Waals surface area contributed by atoms with E-state index < -0.39 is 0 Å². The second-order valence-electron chi connectivity index (χ2n) is 3.63. The average molecular weight is 228 g/mol. The van der Waals surface area contributed by atoms with Gasteiger partial charge in [-0.15, -0.1) is 0 Å². The smallest absolute Gasteiger partial charge is 0.255 e. The van der Waals surface area contributed by atoms with Gasteiger partial charge in [0.05, 0.1) is 5.69 Å². The molecule has 0 aromatic carbocycles. The lowest BCUT2D eigenvalue weighted by Crippen LogP contribution is -2.31. The van der Waals surface area contributed by atoms with Gasteiger partial charge in [0.15, 0.2) is 0 Å². The van der Waals surface area contributed by atoms with Gasteiger partial charge in [-0.25, -0.2) is 4.98 Å². The molecule has 1 aromatic heterocycles. The van der Waals surface area contributed by atoms with Crippen LogP contribution in [0.5, 0.6) is 0 Å². The fourth-order valence-electron chi connectivity index (χ4n) is 1.24. The van der Waals surface area contributed by atoms with Gasteiger partial charge in [-0.2, -0.15) is 0 Å². The van der Waals surface area contributed by atoms with Crippen molar-refractivity contribution in [2.75, 3.05) is 12.3 Å². The molecule has 0 aliphatic rings. The topological polar surface area (TPSA) is 38.1 Å². The Labute approximate surface area is 96.0 Å². The van der Waals surface area contributed by atoms with E-state index in [2.05, 4.69) is 24.1 Å². The van der Waals surface area contributed by atoms with Crippen LogP contribution >= 0.6 is 11.8 Å². The molecule has 1 rings (SSSR count). The standard InChI is InChI=1S/C11H20N2OS/c1-4-6-12-10(5-2)8-15-11-13-9(3)7-14-11/h7,10,12H,4-6,8H2,1-3H3. The Morgan fingerprint density at radius 1 is 1.53 bits per heavy atom. The van der Waals surface area contributed by atoms with Crippen LogP contribution in [0.1, 0.15) is 32.4 Å². The summed E-state index contributed by atoms with van der Waals surface area (Å²) < 4.78 is 5.29. The molecule has 1 atom stereocenters. The number of aryl methyl sites for hydroxylation is 1. The third-order valence-corrected chi connectivity index (χ3v) is 3.19. The molecular weight excluding hydrogens is 208 g/mol. The van der Waals surface area contributed by atoms with Gasteiger partial charge in [0.2, 0.25) is 0 Å². The van der Waals surface area contributed by atoms with Crippen molar-refractivity contribution in [3.05, 3.63) is 12.0 Å². The Morgan fingerprint density at radius 2 is 2.33 bits per heavy atom. The molecular formula is C11H20N2OS. The number of hydrogen-bond acceptors (Lipinski definition) is 4. The van der Waals surface area contributed by atoms with Gasteiger partial charge in [0.25, 0.3) is 5.22 Å². The zero-order valence-electron chi connectivity index (χ0n) is 9.75. The van der Waals surface area contributed by atoms with Crippen LogP contribution in [0.25, 0.3) is 0 Å². The molecule has 1 aromatic rings. The van der Waals surface area contributed by atoms with Gasteiger partial charge in [-0.1, -0.05) is 25.6 Å². The summed E-state index contributed by atoms with van der Waals surface area (Å²) in [5.74, 6) is 1.02. The normalized spacial score (nSPS) is 13.0. The molecule has 1 unspecified atom stereocenters. The van der Waals surface area contributed by atoms with Crippen LogP contribution in [0.3, 0.4) is 0 Å². The molecule has 1 N–H and O–H groups in total. The molecule has 4 heteroatoms. The Morgan fingerprint density at radius 3 is 2.87 bits per heavy atom. The lowest BCUT2D eigenvalue weighted by atomic mass is 10.2. The first-order valence-electron chi connectivity index (χ1n) is 5.54. The summed E-state index contributed by atoms with van der Waals surface area (Å²) >= 11 is 1.68. The highest BCUT2D eigenvalue weighted by Crippen LogP contribution is 2.18. The molecule has 86 valence electrons. The molecule has 0 aliphatic heterocycles. The van der Waals surface area contributed by atoms with Crippen molar-refractivity contribution in [1.29, 1.82) is 0 Å². The fourth-order valence-corrected chi connectivity index (χ4v) is 2.26. The number of rotatable bonds is 7. The van der Waals surface area contributed by atoms with Crippen LogP contribution in [0.4, 0.5) is 0 Å². The number of thioether (sulfide) groups is 1. The van der Waals surface area contributed by atoms with Gasteiger partial charge < -0.3 is 9.73 Å². The second-order valence-corrected chi connectivity index (χ2v) is 4.60. The fraction of sp³-hybridized carbons (Fsp3) is 0.727. The van der Waals surface area contributed by atoms with E-state index in [1.807, 2.05) is 6.92 Å². The van der Waals surface area contributed by atoms with Crippen molar-refractivity contribution in [2.24, 2.45) is 0 Å². The zero-order chi connectivity index (χ0) is 11.1. The van der Waals surface area contributed by atoms with Crippen molar-refractivity contribution in [3.63, 3.8) is 0 Å². The highest BCUT2D eigenvalue weighted by molar-refractivity contribution is 7.99. The number of hydrogen-bond donors (Lipinski definition) is 1. The van der Waals surface area contributed by atoms with Crippen molar-refractivity contribution < 1.29 is 4.42 Å². The molecule has 0 spiro atoms. The maximum Gasteiger partial charge on any atom is 0.255 e. The molecule has 3 nitrogen and oxygen atoms in total. The van der Waals surface area contributed by atoms with Gasteiger partial charge in [-0.3, -0.25) is 0 Å². The molecule has 0 saturated carbocycles. The first-order valence-corrected chi connectivity index (χ1v) is 6.53. The van der Waals surface area contributed by atoms with E-state index in [0.29, 0.717) is 6.04 Å². The summed E-state index contributed by atoms with van der Waals surface area (Å²) in [4.78, 5) is 4.27. The van der Waals surface area contributed by atoms with Gasteiger partial charge in [-0.05, 0) is 26.3 Å². The Bertz CT molecular complexity index is 275. The first-order chi connectivity index (χ1) is 7.26. The summed E-state index contributed by atoms with van der Waals surface area (Å²) in [6, 6.07) is 0.558. The van der Waals surface area contributed by atoms with Crippen molar-refractivity contribution in [3.8, 4) is 0 Å². The van der Waals surface area contributed by atoms with E-state index in [1.165, 1.54) is 6.42 Å².